The SMILES string of the molecule is CCN1CCN(C(=O)C(C#N)(CC)CC)CC1. The molecule has 0 atom stereocenters. The maximum atomic E-state index is 12.4. The van der Waals surface area contributed by atoms with Crippen LogP contribution in [0.4, 0.5) is 0 Å². The van der Waals surface area contributed by atoms with Gasteiger partial charge in [0, 0.05) is 26.2 Å². The van der Waals surface area contributed by atoms with Gasteiger partial charge in [0.25, 0.3) is 0 Å². The summed E-state index contributed by atoms with van der Waals surface area (Å²) in [6.45, 7) is 10.4. The lowest BCUT2D eigenvalue weighted by Gasteiger charge is -2.37. The molecule has 1 aliphatic heterocycles. The molecule has 1 amide bonds. The van der Waals surface area contributed by atoms with E-state index in [-0.39, 0.29) is 5.91 Å². The fraction of sp³-hybridized carbons (Fsp3) is 0.846. The monoisotopic (exact) mass is 237 g/mol. The van der Waals surface area contributed by atoms with Crippen LogP contribution in [0.15, 0.2) is 0 Å². The Kier molecular flexibility index (Phi) is 4.95. The lowest BCUT2D eigenvalue weighted by molar-refractivity contribution is -0.141. The summed E-state index contributed by atoms with van der Waals surface area (Å²) in [4.78, 5) is 16.6. The zero-order chi connectivity index (χ0) is 12.9. The average Bonchev–Trinajstić information content (AvgIpc) is 2.41. The highest BCUT2D eigenvalue weighted by Gasteiger charge is 2.39. The van der Waals surface area contributed by atoms with Crippen LogP contribution >= 0.6 is 0 Å². The third-order valence-corrected chi connectivity index (χ3v) is 3.94. The Bertz CT molecular complexity index is 296. The van der Waals surface area contributed by atoms with Crippen molar-refractivity contribution in [2.45, 2.75) is 33.6 Å². The third kappa shape index (κ3) is 2.78. The van der Waals surface area contributed by atoms with Crippen LogP contribution in [0.25, 0.3) is 0 Å². The minimum atomic E-state index is -0.797. The summed E-state index contributed by atoms with van der Waals surface area (Å²) < 4.78 is 0. The average molecular weight is 237 g/mol. The van der Waals surface area contributed by atoms with Crippen LogP contribution in [0, 0.1) is 16.7 Å². The maximum absolute atomic E-state index is 12.4. The molecule has 0 aromatic heterocycles. The van der Waals surface area contributed by atoms with E-state index >= 15 is 0 Å². The van der Waals surface area contributed by atoms with Gasteiger partial charge in [-0.2, -0.15) is 5.26 Å². The molecule has 4 heteroatoms. The number of piperazine rings is 1. The largest absolute Gasteiger partial charge is 0.339 e. The van der Waals surface area contributed by atoms with Crippen LogP contribution in [-0.2, 0) is 4.79 Å². The number of nitrogens with zero attached hydrogens (tertiary/aromatic N) is 3. The van der Waals surface area contributed by atoms with E-state index in [4.69, 9.17) is 0 Å². The smallest absolute Gasteiger partial charge is 0.243 e. The molecule has 0 aliphatic carbocycles. The molecule has 0 N–H and O–H groups in total. The fourth-order valence-corrected chi connectivity index (χ4v) is 2.33. The molecule has 1 heterocycles. The van der Waals surface area contributed by atoms with Crippen LogP contribution in [0.5, 0.6) is 0 Å². The van der Waals surface area contributed by atoms with Crippen molar-refractivity contribution < 1.29 is 4.79 Å². The number of carbonyl (C=O) groups excluding carboxylic acids is 1. The molecule has 0 unspecified atom stereocenters. The highest BCUT2D eigenvalue weighted by Crippen LogP contribution is 2.28. The van der Waals surface area contributed by atoms with E-state index in [2.05, 4.69) is 17.9 Å². The lowest BCUT2D eigenvalue weighted by atomic mass is 9.82. The molecular formula is C13H23N3O. The Labute approximate surface area is 104 Å². The van der Waals surface area contributed by atoms with Gasteiger partial charge in [0.1, 0.15) is 5.41 Å². The maximum Gasteiger partial charge on any atom is 0.243 e. The van der Waals surface area contributed by atoms with Crippen molar-refractivity contribution >= 4 is 5.91 Å². The highest BCUT2D eigenvalue weighted by atomic mass is 16.2. The molecular weight excluding hydrogens is 214 g/mol. The van der Waals surface area contributed by atoms with Gasteiger partial charge < -0.3 is 9.80 Å². The van der Waals surface area contributed by atoms with Gasteiger partial charge >= 0.3 is 0 Å². The molecule has 0 radical (unpaired) electrons. The number of rotatable bonds is 4. The first-order valence-electron chi connectivity index (χ1n) is 6.56. The van der Waals surface area contributed by atoms with Crippen molar-refractivity contribution in [3.63, 3.8) is 0 Å². The van der Waals surface area contributed by atoms with Gasteiger partial charge in [-0.1, -0.05) is 20.8 Å². The van der Waals surface area contributed by atoms with Crippen molar-refractivity contribution in [2.24, 2.45) is 5.41 Å². The summed E-state index contributed by atoms with van der Waals surface area (Å²) in [5, 5.41) is 9.27. The molecule has 17 heavy (non-hydrogen) atoms. The number of likely N-dealkylation sites (N-methyl/N-ethyl adjacent to an activating group) is 1. The second kappa shape index (κ2) is 6.02. The van der Waals surface area contributed by atoms with Gasteiger partial charge in [0.15, 0.2) is 0 Å². The van der Waals surface area contributed by atoms with Crippen LogP contribution in [-0.4, -0.2) is 48.4 Å². The van der Waals surface area contributed by atoms with Gasteiger partial charge in [-0.05, 0) is 19.4 Å². The van der Waals surface area contributed by atoms with E-state index in [0.717, 1.165) is 32.7 Å². The Morgan fingerprint density at radius 2 is 1.71 bits per heavy atom. The van der Waals surface area contributed by atoms with Crippen molar-refractivity contribution in [3.8, 4) is 6.07 Å². The number of amides is 1. The third-order valence-electron chi connectivity index (χ3n) is 3.94. The Morgan fingerprint density at radius 1 is 1.18 bits per heavy atom. The van der Waals surface area contributed by atoms with Crippen LogP contribution in [0.1, 0.15) is 33.6 Å². The zero-order valence-corrected chi connectivity index (χ0v) is 11.2. The molecule has 96 valence electrons. The fourth-order valence-electron chi connectivity index (χ4n) is 2.33. The Balaban J connectivity index is 2.68. The van der Waals surface area contributed by atoms with Crippen LogP contribution in [0.2, 0.25) is 0 Å². The predicted molar refractivity (Wildman–Crippen MR) is 67.3 cm³/mol. The van der Waals surface area contributed by atoms with Crippen molar-refractivity contribution in [1.82, 2.24) is 9.80 Å². The van der Waals surface area contributed by atoms with Gasteiger partial charge in [-0.15, -0.1) is 0 Å². The molecule has 0 aromatic rings. The topological polar surface area (TPSA) is 47.3 Å². The zero-order valence-electron chi connectivity index (χ0n) is 11.2. The highest BCUT2D eigenvalue weighted by molar-refractivity contribution is 5.85. The summed E-state index contributed by atoms with van der Waals surface area (Å²) in [7, 11) is 0. The minimum absolute atomic E-state index is 0.0285. The van der Waals surface area contributed by atoms with Crippen LogP contribution < -0.4 is 0 Å². The minimum Gasteiger partial charge on any atom is -0.339 e. The van der Waals surface area contributed by atoms with E-state index < -0.39 is 5.41 Å². The molecule has 0 saturated carbocycles. The predicted octanol–water partition coefficient (Wildman–Crippen LogP) is 1.48. The van der Waals surface area contributed by atoms with Crippen molar-refractivity contribution in [2.75, 3.05) is 32.7 Å². The first kappa shape index (κ1) is 14.0. The van der Waals surface area contributed by atoms with Gasteiger partial charge in [-0.3, -0.25) is 4.79 Å². The molecule has 0 spiro atoms. The Hall–Kier alpha value is -1.08. The number of carbonyl (C=O) groups is 1. The lowest BCUT2D eigenvalue weighted by Crippen LogP contribution is -2.52. The number of nitriles is 1. The molecule has 1 aliphatic rings. The Morgan fingerprint density at radius 3 is 2.06 bits per heavy atom. The van der Waals surface area contributed by atoms with Gasteiger partial charge in [-0.25, -0.2) is 0 Å². The van der Waals surface area contributed by atoms with Crippen LogP contribution in [0.3, 0.4) is 0 Å². The molecule has 0 bridgehead atoms. The standard InChI is InChI=1S/C13H23N3O/c1-4-13(5-2,11-14)12(17)16-9-7-15(6-3)8-10-16/h4-10H2,1-3H3. The van der Waals surface area contributed by atoms with E-state index in [0.29, 0.717) is 12.8 Å². The summed E-state index contributed by atoms with van der Waals surface area (Å²) in [5.74, 6) is 0.0285. The molecule has 1 rings (SSSR count). The van der Waals surface area contributed by atoms with Gasteiger partial charge in [0.05, 0.1) is 6.07 Å². The molecule has 4 nitrogen and oxygen atoms in total. The summed E-state index contributed by atoms with van der Waals surface area (Å²) in [6.07, 6.45) is 1.21. The normalized spacial score (nSPS) is 17.9. The second-order valence-corrected chi connectivity index (χ2v) is 4.63. The van der Waals surface area contributed by atoms with E-state index in [1.807, 2.05) is 18.7 Å². The van der Waals surface area contributed by atoms with E-state index in [1.165, 1.54) is 0 Å². The summed E-state index contributed by atoms with van der Waals surface area (Å²) >= 11 is 0. The molecule has 0 aromatic carbocycles. The molecule has 1 fully saturated rings. The van der Waals surface area contributed by atoms with Crippen molar-refractivity contribution in [1.29, 1.82) is 5.26 Å². The second-order valence-electron chi connectivity index (χ2n) is 4.63. The van der Waals surface area contributed by atoms with E-state index in [9.17, 15) is 10.1 Å². The number of hydrogen-bond acceptors (Lipinski definition) is 3. The van der Waals surface area contributed by atoms with Gasteiger partial charge in [0.2, 0.25) is 5.91 Å². The first-order chi connectivity index (χ1) is 8.13. The summed E-state index contributed by atoms with van der Waals surface area (Å²) in [5.41, 5.74) is -0.797. The number of hydrogen-bond donors (Lipinski definition) is 0. The molecule has 1 saturated heterocycles. The van der Waals surface area contributed by atoms with Crippen molar-refractivity contribution in [3.05, 3.63) is 0 Å². The first-order valence-corrected chi connectivity index (χ1v) is 6.56. The quantitative estimate of drug-likeness (QED) is 0.744. The summed E-state index contributed by atoms with van der Waals surface area (Å²) in [6, 6.07) is 2.23. The van der Waals surface area contributed by atoms with E-state index in [1.54, 1.807) is 0 Å².